The number of hydrogen-bond acceptors (Lipinski definition) is 4. The molecule has 8 heteroatoms. The van der Waals surface area contributed by atoms with Crippen LogP contribution in [0.3, 0.4) is 0 Å². The standard InChI is InChI=1S/C18H22N6O2/c1-23(2)11-9-20-17(25)12-24-10-7-16(22-24)21-18(26)14-4-3-5-15-13(14)6-8-19-15/h3-8,10,19H,9,11-12H2,1-2H3,(H,20,25)(H,21,22,26). The number of hydrogen-bond donors (Lipinski definition) is 3. The minimum atomic E-state index is -0.240. The van der Waals surface area contributed by atoms with Gasteiger partial charge in [0, 0.05) is 48.0 Å². The Morgan fingerprint density at radius 1 is 1.23 bits per heavy atom. The fraction of sp³-hybridized carbons (Fsp3) is 0.278. The molecule has 0 saturated carbocycles. The number of amides is 2. The smallest absolute Gasteiger partial charge is 0.257 e. The van der Waals surface area contributed by atoms with Crippen molar-refractivity contribution in [1.82, 2.24) is 25.0 Å². The van der Waals surface area contributed by atoms with Crippen molar-refractivity contribution in [3.63, 3.8) is 0 Å². The molecule has 2 heterocycles. The number of rotatable bonds is 7. The van der Waals surface area contributed by atoms with E-state index in [1.165, 1.54) is 4.68 Å². The first-order valence-electron chi connectivity index (χ1n) is 8.35. The zero-order valence-corrected chi connectivity index (χ0v) is 14.8. The van der Waals surface area contributed by atoms with Gasteiger partial charge in [0.2, 0.25) is 5.91 Å². The van der Waals surface area contributed by atoms with Crippen LogP contribution in [0.4, 0.5) is 5.82 Å². The van der Waals surface area contributed by atoms with Crippen molar-refractivity contribution in [3.8, 4) is 0 Å². The molecule has 1 aromatic carbocycles. The van der Waals surface area contributed by atoms with Crippen LogP contribution in [0.15, 0.2) is 42.7 Å². The van der Waals surface area contributed by atoms with E-state index in [1.807, 2.05) is 37.2 Å². The van der Waals surface area contributed by atoms with Gasteiger partial charge in [0.15, 0.2) is 5.82 Å². The van der Waals surface area contributed by atoms with Crippen molar-refractivity contribution in [1.29, 1.82) is 0 Å². The molecule has 3 aromatic rings. The van der Waals surface area contributed by atoms with Crippen LogP contribution in [-0.2, 0) is 11.3 Å². The first-order chi connectivity index (χ1) is 12.5. The van der Waals surface area contributed by atoms with Gasteiger partial charge in [-0.3, -0.25) is 14.3 Å². The van der Waals surface area contributed by atoms with Crippen molar-refractivity contribution >= 4 is 28.5 Å². The number of aromatic amines is 1. The summed E-state index contributed by atoms with van der Waals surface area (Å²) in [5, 5.41) is 10.7. The summed E-state index contributed by atoms with van der Waals surface area (Å²) in [6.07, 6.45) is 3.46. The number of aromatic nitrogens is 3. The topological polar surface area (TPSA) is 95.0 Å². The second-order valence-corrected chi connectivity index (χ2v) is 6.25. The molecule has 0 unspecified atom stereocenters. The molecular formula is C18H22N6O2. The van der Waals surface area contributed by atoms with Crippen LogP contribution in [0.2, 0.25) is 0 Å². The third-order valence-corrected chi connectivity index (χ3v) is 3.91. The summed E-state index contributed by atoms with van der Waals surface area (Å²) >= 11 is 0. The van der Waals surface area contributed by atoms with Crippen LogP contribution < -0.4 is 10.6 Å². The fourth-order valence-electron chi connectivity index (χ4n) is 2.61. The molecule has 2 aromatic heterocycles. The summed E-state index contributed by atoms with van der Waals surface area (Å²) in [6, 6.07) is 9.03. The molecule has 0 bridgehead atoms. The first kappa shape index (κ1) is 17.7. The van der Waals surface area contributed by atoms with E-state index in [4.69, 9.17) is 0 Å². The van der Waals surface area contributed by atoms with Gasteiger partial charge in [0.1, 0.15) is 6.54 Å². The highest BCUT2D eigenvalue weighted by Crippen LogP contribution is 2.18. The molecule has 0 aliphatic carbocycles. The summed E-state index contributed by atoms with van der Waals surface area (Å²) in [4.78, 5) is 29.5. The van der Waals surface area contributed by atoms with E-state index in [0.29, 0.717) is 17.9 Å². The maximum absolute atomic E-state index is 12.5. The molecule has 26 heavy (non-hydrogen) atoms. The number of benzene rings is 1. The molecule has 3 rings (SSSR count). The molecule has 0 radical (unpaired) electrons. The van der Waals surface area contributed by atoms with Crippen molar-refractivity contribution in [3.05, 3.63) is 48.3 Å². The monoisotopic (exact) mass is 354 g/mol. The fourth-order valence-corrected chi connectivity index (χ4v) is 2.61. The second kappa shape index (κ2) is 7.83. The lowest BCUT2D eigenvalue weighted by Crippen LogP contribution is -2.33. The van der Waals surface area contributed by atoms with Crippen molar-refractivity contribution in [2.24, 2.45) is 0 Å². The van der Waals surface area contributed by atoms with Crippen LogP contribution in [0.5, 0.6) is 0 Å². The Kier molecular flexibility index (Phi) is 5.33. The molecule has 136 valence electrons. The summed E-state index contributed by atoms with van der Waals surface area (Å²) in [6.45, 7) is 1.46. The van der Waals surface area contributed by atoms with Gasteiger partial charge in [0.05, 0.1) is 0 Å². The lowest BCUT2D eigenvalue weighted by Gasteiger charge is -2.10. The predicted molar refractivity (Wildman–Crippen MR) is 100 cm³/mol. The highest BCUT2D eigenvalue weighted by atomic mass is 16.2. The largest absolute Gasteiger partial charge is 0.361 e. The van der Waals surface area contributed by atoms with Gasteiger partial charge >= 0.3 is 0 Å². The van der Waals surface area contributed by atoms with Gasteiger partial charge in [0.25, 0.3) is 5.91 Å². The Morgan fingerprint density at radius 2 is 2.08 bits per heavy atom. The number of carbonyl (C=O) groups is 2. The highest BCUT2D eigenvalue weighted by molar-refractivity contribution is 6.12. The van der Waals surface area contributed by atoms with Crippen molar-refractivity contribution in [2.45, 2.75) is 6.54 Å². The average molecular weight is 354 g/mol. The third kappa shape index (κ3) is 4.28. The number of likely N-dealkylation sites (N-methyl/N-ethyl adjacent to an activating group) is 1. The molecule has 0 aliphatic heterocycles. The summed E-state index contributed by atoms with van der Waals surface area (Å²) in [7, 11) is 3.89. The van der Waals surface area contributed by atoms with E-state index in [0.717, 1.165) is 17.4 Å². The normalized spacial score (nSPS) is 11.0. The molecule has 8 nitrogen and oxygen atoms in total. The molecule has 2 amide bonds. The number of nitrogens with one attached hydrogen (secondary N) is 3. The Labute approximate surface area is 151 Å². The molecular weight excluding hydrogens is 332 g/mol. The van der Waals surface area contributed by atoms with E-state index in [2.05, 4.69) is 20.7 Å². The second-order valence-electron chi connectivity index (χ2n) is 6.25. The van der Waals surface area contributed by atoms with Gasteiger partial charge in [-0.05, 0) is 32.3 Å². The number of anilines is 1. The van der Waals surface area contributed by atoms with E-state index in [-0.39, 0.29) is 18.4 Å². The lowest BCUT2D eigenvalue weighted by atomic mass is 10.1. The van der Waals surface area contributed by atoms with Crippen LogP contribution in [0.1, 0.15) is 10.4 Å². The number of nitrogens with zero attached hydrogens (tertiary/aromatic N) is 3. The van der Waals surface area contributed by atoms with E-state index < -0.39 is 0 Å². The molecule has 0 spiro atoms. The maximum Gasteiger partial charge on any atom is 0.257 e. The lowest BCUT2D eigenvalue weighted by molar-refractivity contribution is -0.121. The number of H-pyrrole nitrogens is 1. The molecule has 0 saturated heterocycles. The quantitative estimate of drug-likeness (QED) is 0.596. The van der Waals surface area contributed by atoms with Gasteiger partial charge in [-0.2, -0.15) is 5.10 Å². The SMILES string of the molecule is CN(C)CCNC(=O)Cn1ccc(NC(=O)c2cccc3[nH]ccc23)n1. The van der Waals surface area contributed by atoms with Gasteiger partial charge < -0.3 is 20.5 Å². The van der Waals surface area contributed by atoms with Crippen molar-refractivity contribution in [2.75, 3.05) is 32.5 Å². The van der Waals surface area contributed by atoms with Crippen LogP contribution >= 0.6 is 0 Å². The van der Waals surface area contributed by atoms with Crippen molar-refractivity contribution < 1.29 is 9.59 Å². The summed E-state index contributed by atoms with van der Waals surface area (Å²) < 4.78 is 1.50. The number of carbonyl (C=O) groups excluding carboxylic acids is 2. The average Bonchev–Trinajstić information content (AvgIpc) is 3.23. The molecule has 3 N–H and O–H groups in total. The predicted octanol–water partition coefficient (Wildman–Crippen LogP) is 1.29. The van der Waals surface area contributed by atoms with Crippen LogP contribution in [0.25, 0.3) is 10.9 Å². The minimum Gasteiger partial charge on any atom is -0.361 e. The molecule has 0 aliphatic rings. The van der Waals surface area contributed by atoms with E-state index in [9.17, 15) is 9.59 Å². The van der Waals surface area contributed by atoms with E-state index >= 15 is 0 Å². The third-order valence-electron chi connectivity index (χ3n) is 3.91. The zero-order chi connectivity index (χ0) is 18.5. The summed E-state index contributed by atoms with van der Waals surface area (Å²) in [5.41, 5.74) is 1.47. The minimum absolute atomic E-state index is 0.108. The van der Waals surface area contributed by atoms with Gasteiger partial charge in [-0.25, -0.2) is 0 Å². The molecule has 0 fully saturated rings. The first-order valence-corrected chi connectivity index (χ1v) is 8.35. The Bertz CT molecular complexity index is 911. The van der Waals surface area contributed by atoms with Crippen LogP contribution in [-0.4, -0.2) is 58.7 Å². The van der Waals surface area contributed by atoms with E-state index in [1.54, 1.807) is 24.5 Å². The Balaban J connectivity index is 1.59. The van der Waals surface area contributed by atoms with Crippen LogP contribution in [0, 0.1) is 0 Å². The number of fused-ring (bicyclic) bond motifs is 1. The molecule has 0 atom stereocenters. The maximum atomic E-state index is 12.5. The Morgan fingerprint density at radius 3 is 2.88 bits per heavy atom. The zero-order valence-electron chi connectivity index (χ0n) is 14.8. The highest BCUT2D eigenvalue weighted by Gasteiger charge is 2.12. The van der Waals surface area contributed by atoms with Gasteiger partial charge in [-0.15, -0.1) is 0 Å². The van der Waals surface area contributed by atoms with Gasteiger partial charge in [-0.1, -0.05) is 6.07 Å². The summed E-state index contributed by atoms with van der Waals surface area (Å²) in [5.74, 6) is 0.0458. The Hall–Kier alpha value is -3.13.